The van der Waals surface area contributed by atoms with Crippen LogP contribution >= 0.6 is 0 Å². The molecule has 1 aliphatic heterocycles. The van der Waals surface area contributed by atoms with Crippen molar-refractivity contribution in [3.63, 3.8) is 0 Å². The predicted molar refractivity (Wildman–Crippen MR) is 54.1 cm³/mol. The lowest BCUT2D eigenvalue weighted by atomic mass is 10.1. The Morgan fingerprint density at radius 3 is 3.13 bits per heavy atom. The molecule has 0 aliphatic carbocycles. The van der Waals surface area contributed by atoms with Crippen LogP contribution in [0.5, 0.6) is 0 Å². The van der Waals surface area contributed by atoms with Gasteiger partial charge in [0.05, 0.1) is 18.8 Å². The highest BCUT2D eigenvalue weighted by Crippen LogP contribution is 2.29. The van der Waals surface area contributed by atoms with Crippen LogP contribution in [0, 0.1) is 0 Å². The molecule has 5 heteroatoms. The van der Waals surface area contributed by atoms with Crippen molar-refractivity contribution in [3.05, 3.63) is 24.0 Å². The summed E-state index contributed by atoms with van der Waals surface area (Å²) in [7, 11) is 0. The van der Waals surface area contributed by atoms with Gasteiger partial charge in [-0.1, -0.05) is 11.3 Å². The summed E-state index contributed by atoms with van der Waals surface area (Å²) in [6.45, 7) is 4.95. The minimum absolute atomic E-state index is 0.0297. The minimum atomic E-state index is -0.0909. The molecule has 15 heavy (non-hydrogen) atoms. The molecular weight excluding hydrogens is 194 g/mol. The number of nitrogens with zero attached hydrogens (tertiary/aromatic N) is 3. The Kier molecular flexibility index (Phi) is 3.13. The third-order valence-electron chi connectivity index (χ3n) is 2.53. The van der Waals surface area contributed by atoms with E-state index in [0.717, 1.165) is 25.1 Å². The largest absolute Gasteiger partial charge is 0.390 e. The van der Waals surface area contributed by atoms with Crippen LogP contribution in [0.2, 0.25) is 0 Å². The van der Waals surface area contributed by atoms with Gasteiger partial charge in [0.1, 0.15) is 11.8 Å². The van der Waals surface area contributed by atoms with E-state index in [4.69, 9.17) is 9.84 Å². The fourth-order valence-corrected chi connectivity index (χ4v) is 1.87. The molecule has 1 saturated heterocycles. The summed E-state index contributed by atoms with van der Waals surface area (Å²) >= 11 is 0. The average Bonchev–Trinajstić information content (AvgIpc) is 2.85. The van der Waals surface area contributed by atoms with Crippen molar-refractivity contribution in [1.82, 2.24) is 15.0 Å². The number of hydrogen-bond donors (Lipinski definition) is 1. The van der Waals surface area contributed by atoms with E-state index in [2.05, 4.69) is 16.9 Å². The Labute approximate surface area is 88.4 Å². The van der Waals surface area contributed by atoms with Crippen molar-refractivity contribution in [1.29, 1.82) is 0 Å². The molecular formula is C10H15N3O2. The van der Waals surface area contributed by atoms with E-state index in [1.807, 2.05) is 0 Å². The standard InChI is InChI=1S/C10H15N3O2/c1-2-5-13-10(8(7-14)11-12-13)9-4-3-6-15-9/h2,9,14H,1,3-7H2. The molecule has 2 rings (SSSR count). The summed E-state index contributed by atoms with van der Waals surface area (Å²) < 4.78 is 7.33. The van der Waals surface area contributed by atoms with Gasteiger partial charge in [0.2, 0.25) is 0 Å². The van der Waals surface area contributed by atoms with E-state index in [9.17, 15) is 0 Å². The van der Waals surface area contributed by atoms with E-state index in [1.165, 1.54) is 0 Å². The monoisotopic (exact) mass is 209 g/mol. The van der Waals surface area contributed by atoms with Crippen LogP contribution in [0.4, 0.5) is 0 Å². The molecule has 1 atom stereocenters. The lowest BCUT2D eigenvalue weighted by Crippen LogP contribution is -2.09. The first-order valence-electron chi connectivity index (χ1n) is 5.12. The summed E-state index contributed by atoms with van der Waals surface area (Å²) in [6, 6.07) is 0. The van der Waals surface area contributed by atoms with Crippen molar-refractivity contribution >= 4 is 0 Å². The highest BCUT2D eigenvalue weighted by Gasteiger charge is 2.25. The summed E-state index contributed by atoms with van der Waals surface area (Å²) in [6.07, 6.45) is 3.81. The van der Waals surface area contributed by atoms with Gasteiger partial charge in [0, 0.05) is 6.61 Å². The van der Waals surface area contributed by atoms with Gasteiger partial charge < -0.3 is 9.84 Å². The van der Waals surface area contributed by atoms with Crippen molar-refractivity contribution < 1.29 is 9.84 Å². The minimum Gasteiger partial charge on any atom is -0.390 e. The van der Waals surface area contributed by atoms with Gasteiger partial charge in [-0.2, -0.15) is 0 Å². The van der Waals surface area contributed by atoms with Crippen molar-refractivity contribution in [2.75, 3.05) is 6.61 Å². The molecule has 0 spiro atoms. The molecule has 5 nitrogen and oxygen atoms in total. The van der Waals surface area contributed by atoms with Crippen LogP contribution in [0.3, 0.4) is 0 Å². The number of ether oxygens (including phenoxy) is 1. The second-order valence-electron chi connectivity index (χ2n) is 3.55. The van der Waals surface area contributed by atoms with Gasteiger partial charge in [-0.3, -0.25) is 0 Å². The van der Waals surface area contributed by atoms with Crippen LogP contribution in [0.25, 0.3) is 0 Å². The Balaban J connectivity index is 2.30. The molecule has 1 N–H and O–H groups in total. The molecule has 1 fully saturated rings. The first-order valence-corrected chi connectivity index (χ1v) is 5.12. The molecule has 2 heterocycles. The number of allylic oxidation sites excluding steroid dienone is 1. The van der Waals surface area contributed by atoms with Gasteiger partial charge in [0.25, 0.3) is 0 Å². The smallest absolute Gasteiger partial charge is 0.114 e. The Morgan fingerprint density at radius 1 is 1.67 bits per heavy atom. The fraction of sp³-hybridized carbons (Fsp3) is 0.600. The lowest BCUT2D eigenvalue weighted by Gasteiger charge is -2.11. The van der Waals surface area contributed by atoms with Crippen molar-refractivity contribution in [2.45, 2.75) is 32.1 Å². The van der Waals surface area contributed by atoms with Crippen LogP contribution in [-0.4, -0.2) is 26.7 Å². The number of aromatic nitrogens is 3. The van der Waals surface area contributed by atoms with Gasteiger partial charge >= 0.3 is 0 Å². The maximum Gasteiger partial charge on any atom is 0.114 e. The van der Waals surface area contributed by atoms with Gasteiger partial charge in [-0.25, -0.2) is 4.68 Å². The third kappa shape index (κ3) is 1.93. The zero-order valence-corrected chi connectivity index (χ0v) is 8.59. The number of aliphatic hydroxyl groups excluding tert-OH is 1. The Bertz CT molecular complexity index is 342. The second kappa shape index (κ2) is 4.55. The van der Waals surface area contributed by atoms with Crippen molar-refractivity contribution in [3.8, 4) is 0 Å². The number of rotatable bonds is 4. The first-order chi connectivity index (χ1) is 7.36. The molecule has 1 aromatic rings. The Morgan fingerprint density at radius 2 is 2.53 bits per heavy atom. The summed E-state index contributed by atoms with van der Waals surface area (Å²) in [5.41, 5.74) is 1.51. The van der Waals surface area contributed by atoms with Crippen molar-refractivity contribution in [2.24, 2.45) is 0 Å². The zero-order chi connectivity index (χ0) is 10.7. The first kappa shape index (κ1) is 10.3. The fourth-order valence-electron chi connectivity index (χ4n) is 1.87. The third-order valence-corrected chi connectivity index (χ3v) is 2.53. The van der Waals surface area contributed by atoms with E-state index in [0.29, 0.717) is 12.2 Å². The topological polar surface area (TPSA) is 60.2 Å². The number of aliphatic hydroxyl groups is 1. The maximum atomic E-state index is 9.16. The maximum absolute atomic E-state index is 9.16. The van der Waals surface area contributed by atoms with E-state index in [-0.39, 0.29) is 12.7 Å². The Hall–Kier alpha value is -1.20. The molecule has 1 aliphatic rings. The van der Waals surface area contributed by atoms with E-state index in [1.54, 1.807) is 10.8 Å². The van der Waals surface area contributed by atoms with Crippen LogP contribution in [-0.2, 0) is 17.9 Å². The lowest BCUT2D eigenvalue weighted by molar-refractivity contribution is 0.103. The average molecular weight is 209 g/mol. The molecule has 0 saturated carbocycles. The van der Waals surface area contributed by atoms with E-state index >= 15 is 0 Å². The normalized spacial score (nSPS) is 20.7. The molecule has 1 aromatic heterocycles. The highest BCUT2D eigenvalue weighted by molar-refractivity contribution is 5.14. The van der Waals surface area contributed by atoms with Crippen LogP contribution in [0.15, 0.2) is 12.7 Å². The number of hydrogen-bond acceptors (Lipinski definition) is 4. The molecule has 1 unspecified atom stereocenters. The molecule has 0 aromatic carbocycles. The summed E-state index contributed by atoms with van der Waals surface area (Å²) in [4.78, 5) is 0. The molecule has 0 bridgehead atoms. The highest BCUT2D eigenvalue weighted by atomic mass is 16.5. The van der Waals surface area contributed by atoms with Crippen LogP contribution < -0.4 is 0 Å². The predicted octanol–water partition coefficient (Wildman–Crippen LogP) is 0.808. The second-order valence-corrected chi connectivity index (χ2v) is 3.55. The molecule has 0 amide bonds. The van der Waals surface area contributed by atoms with Crippen LogP contribution in [0.1, 0.15) is 30.3 Å². The van der Waals surface area contributed by atoms with Gasteiger partial charge in [0.15, 0.2) is 0 Å². The summed E-state index contributed by atoms with van der Waals surface area (Å²) in [5.74, 6) is 0. The zero-order valence-electron chi connectivity index (χ0n) is 8.59. The quantitative estimate of drug-likeness (QED) is 0.745. The van der Waals surface area contributed by atoms with Gasteiger partial charge in [-0.05, 0) is 12.8 Å². The van der Waals surface area contributed by atoms with E-state index < -0.39 is 0 Å². The van der Waals surface area contributed by atoms with Gasteiger partial charge in [-0.15, -0.1) is 11.7 Å². The molecule has 82 valence electrons. The SMILES string of the molecule is C=CCn1nnc(CO)c1C1CCCO1. The summed E-state index contributed by atoms with van der Waals surface area (Å²) in [5, 5.41) is 17.1. The molecule has 0 radical (unpaired) electrons.